The smallest absolute Gasteiger partial charge is 0.137 e. The van der Waals surface area contributed by atoms with Gasteiger partial charge in [0.15, 0.2) is 0 Å². The van der Waals surface area contributed by atoms with E-state index in [4.69, 9.17) is 9.47 Å². The lowest BCUT2D eigenvalue weighted by Crippen LogP contribution is -2.34. The number of para-hydroxylation sites is 1. The van der Waals surface area contributed by atoms with E-state index in [9.17, 15) is 0 Å². The monoisotopic (exact) mass is 346 g/mol. The largest absolute Gasteiger partial charge is 0.495 e. The summed E-state index contributed by atoms with van der Waals surface area (Å²) in [6.07, 6.45) is 6.34. The SMILES string of the molecule is COc1cncc(-c2ccccc2O[C@H]2C[C@@H]3CNC[C@H]2C3)c1.Cl. The Hall–Kier alpha value is -1.78. The topological polar surface area (TPSA) is 43.4 Å². The summed E-state index contributed by atoms with van der Waals surface area (Å²) in [5.74, 6) is 3.10. The quantitative estimate of drug-likeness (QED) is 0.919. The number of methoxy groups -OCH3 is 1. The predicted molar refractivity (Wildman–Crippen MR) is 97.0 cm³/mol. The van der Waals surface area contributed by atoms with Gasteiger partial charge in [-0.05, 0) is 37.4 Å². The first-order valence-corrected chi connectivity index (χ1v) is 8.29. The summed E-state index contributed by atoms with van der Waals surface area (Å²) in [5, 5.41) is 3.52. The molecule has 1 saturated carbocycles. The van der Waals surface area contributed by atoms with Crippen molar-refractivity contribution in [1.29, 1.82) is 0 Å². The van der Waals surface area contributed by atoms with E-state index in [0.29, 0.717) is 12.0 Å². The Kier molecular flexibility index (Phi) is 5.27. The van der Waals surface area contributed by atoms with E-state index < -0.39 is 0 Å². The van der Waals surface area contributed by atoms with Crippen LogP contribution in [-0.4, -0.2) is 31.3 Å². The fraction of sp³-hybridized carbons (Fsp3) is 0.421. The van der Waals surface area contributed by atoms with Gasteiger partial charge in [0.05, 0.1) is 13.3 Å². The Bertz CT molecular complexity index is 695. The average molecular weight is 347 g/mol. The molecule has 2 heterocycles. The number of ether oxygens (including phenoxy) is 2. The zero-order valence-electron chi connectivity index (χ0n) is 13.8. The summed E-state index contributed by atoms with van der Waals surface area (Å²) in [7, 11) is 1.66. The Morgan fingerprint density at radius 3 is 2.83 bits per heavy atom. The first kappa shape index (κ1) is 17.1. The Morgan fingerprint density at radius 1 is 1.12 bits per heavy atom. The summed E-state index contributed by atoms with van der Waals surface area (Å²) in [6.45, 7) is 2.21. The maximum Gasteiger partial charge on any atom is 0.137 e. The second-order valence-electron chi connectivity index (χ2n) is 6.52. The van der Waals surface area contributed by atoms with Crippen LogP contribution in [0.3, 0.4) is 0 Å². The summed E-state index contributed by atoms with van der Waals surface area (Å²) in [6, 6.07) is 10.2. The molecule has 0 spiro atoms. The molecule has 2 aliphatic rings. The van der Waals surface area contributed by atoms with Gasteiger partial charge in [0.25, 0.3) is 0 Å². The average Bonchev–Trinajstić information content (AvgIpc) is 2.88. The Balaban J connectivity index is 0.00000169. The Labute approximate surface area is 149 Å². The van der Waals surface area contributed by atoms with E-state index >= 15 is 0 Å². The van der Waals surface area contributed by atoms with Crippen molar-refractivity contribution in [2.45, 2.75) is 18.9 Å². The molecule has 3 atom stereocenters. The van der Waals surface area contributed by atoms with Crippen molar-refractivity contribution in [1.82, 2.24) is 10.3 Å². The lowest BCUT2D eigenvalue weighted by Gasteiger charge is -2.23. The van der Waals surface area contributed by atoms with Crippen molar-refractivity contribution < 1.29 is 9.47 Å². The molecule has 2 fully saturated rings. The standard InChI is InChI=1S/C19H22N2O2.ClH/c1-22-16-8-14(10-21-12-16)17-4-2-3-5-18(17)23-19-7-13-6-15(19)11-20-9-13;/h2-5,8,10,12-13,15,19-20H,6-7,9,11H2,1H3;1H/t13-,15-,19+;/m1./s1. The zero-order chi connectivity index (χ0) is 15.6. The molecule has 4 rings (SSSR count). The number of hydrogen-bond acceptors (Lipinski definition) is 4. The molecule has 1 aliphatic heterocycles. The molecule has 1 aromatic carbocycles. The van der Waals surface area contributed by atoms with Crippen molar-refractivity contribution in [2.75, 3.05) is 20.2 Å². The van der Waals surface area contributed by atoms with Crippen LogP contribution in [0.1, 0.15) is 12.8 Å². The third-order valence-electron chi connectivity index (χ3n) is 4.99. The van der Waals surface area contributed by atoms with Gasteiger partial charge in [0.2, 0.25) is 0 Å². The number of piperidine rings is 1. The minimum Gasteiger partial charge on any atom is -0.495 e. The van der Waals surface area contributed by atoms with Gasteiger partial charge in [0, 0.05) is 29.8 Å². The number of nitrogens with one attached hydrogen (secondary N) is 1. The number of aromatic nitrogens is 1. The fourth-order valence-electron chi connectivity index (χ4n) is 3.84. The molecule has 2 bridgehead atoms. The maximum atomic E-state index is 6.44. The Morgan fingerprint density at radius 2 is 2.00 bits per heavy atom. The summed E-state index contributed by atoms with van der Waals surface area (Å²) in [4.78, 5) is 4.27. The van der Waals surface area contributed by atoms with Crippen molar-refractivity contribution in [3.8, 4) is 22.6 Å². The highest BCUT2D eigenvalue weighted by molar-refractivity contribution is 5.85. The molecule has 0 amide bonds. The van der Waals surface area contributed by atoms with Gasteiger partial charge in [-0.15, -0.1) is 12.4 Å². The highest BCUT2D eigenvalue weighted by Crippen LogP contribution is 2.39. The van der Waals surface area contributed by atoms with Gasteiger partial charge in [-0.25, -0.2) is 0 Å². The number of rotatable bonds is 4. The molecular weight excluding hydrogens is 324 g/mol. The minimum atomic E-state index is 0. The van der Waals surface area contributed by atoms with Crippen LogP contribution in [0.15, 0.2) is 42.7 Å². The molecule has 1 aliphatic carbocycles. The first-order chi connectivity index (χ1) is 11.3. The maximum absolute atomic E-state index is 6.44. The number of benzene rings is 1. The van der Waals surface area contributed by atoms with Crippen LogP contribution in [0.2, 0.25) is 0 Å². The molecule has 24 heavy (non-hydrogen) atoms. The molecule has 0 radical (unpaired) electrons. The second-order valence-corrected chi connectivity index (χ2v) is 6.52. The molecule has 5 heteroatoms. The number of pyridine rings is 1. The highest BCUT2D eigenvalue weighted by atomic mass is 35.5. The van der Waals surface area contributed by atoms with Crippen LogP contribution in [-0.2, 0) is 0 Å². The van der Waals surface area contributed by atoms with Gasteiger partial charge in [-0.1, -0.05) is 18.2 Å². The molecule has 1 N–H and O–H groups in total. The molecule has 4 nitrogen and oxygen atoms in total. The first-order valence-electron chi connectivity index (χ1n) is 8.29. The summed E-state index contributed by atoms with van der Waals surface area (Å²) in [5.41, 5.74) is 2.10. The van der Waals surface area contributed by atoms with Crippen LogP contribution in [0, 0.1) is 11.8 Å². The van der Waals surface area contributed by atoms with Crippen molar-refractivity contribution >= 4 is 12.4 Å². The fourth-order valence-corrected chi connectivity index (χ4v) is 3.84. The van der Waals surface area contributed by atoms with Crippen molar-refractivity contribution in [3.05, 3.63) is 42.7 Å². The molecule has 1 saturated heterocycles. The van der Waals surface area contributed by atoms with Gasteiger partial charge < -0.3 is 14.8 Å². The predicted octanol–water partition coefficient (Wildman–Crippen LogP) is 3.56. The van der Waals surface area contributed by atoms with E-state index in [1.54, 1.807) is 13.3 Å². The van der Waals surface area contributed by atoms with E-state index in [-0.39, 0.29) is 12.4 Å². The van der Waals surface area contributed by atoms with E-state index in [2.05, 4.69) is 22.4 Å². The van der Waals surface area contributed by atoms with Gasteiger partial charge in [0.1, 0.15) is 17.6 Å². The van der Waals surface area contributed by atoms with Crippen LogP contribution >= 0.6 is 12.4 Å². The molecule has 0 unspecified atom stereocenters. The number of hydrogen-bond donors (Lipinski definition) is 1. The summed E-state index contributed by atoms with van der Waals surface area (Å²) >= 11 is 0. The normalized spacial score (nSPS) is 25.0. The zero-order valence-corrected chi connectivity index (χ0v) is 14.6. The van der Waals surface area contributed by atoms with E-state index in [1.807, 2.05) is 24.4 Å². The highest BCUT2D eigenvalue weighted by Gasteiger charge is 2.38. The van der Waals surface area contributed by atoms with Crippen LogP contribution in [0.4, 0.5) is 0 Å². The van der Waals surface area contributed by atoms with Crippen molar-refractivity contribution in [3.63, 3.8) is 0 Å². The van der Waals surface area contributed by atoms with Gasteiger partial charge in [-0.2, -0.15) is 0 Å². The second kappa shape index (κ2) is 7.41. The number of fused-ring (bicyclic) bond motifs is 2. The van der Waals surface area contributed by atoms with E-state index in [1.165, 1.54) is 6.42 Å². The molecule has 2 aromatic rings. The molecule has 1 aromatic heterocycles. The minimum absolute atomic E-state index is 0. The van der Waals surface area contributed by atoms with Crippen LogP contribution in [0.5, 0.6) is 11.5 Å². The summed E-state index contributed by atoms with van der Waals surface area (Å²) < 4.78 is 11.7. The third kappa shape index (κ3) is 3.35. The van der Waals surface area contributed by atoms with Crippen molar-refractivity contribution in [2.24, 2.45) is 11.8 Å². The van der Waals surface area contributed by atoms with Crippen LogP contribution in [0.25, 0.3) is 11.1 Å². The molecule has 128 valence electrons. The lowest BCUT2D eigenvalue weighted by atomic mass is 10.0. The lowest BCUT2D eigenvalue weighted by molar-refractivity contribution is 0.161. The number of halogens is 1. The third-order valence-corrected chi connectivity index (χ3v) is 4.99. The number of nitrogens with zero attached hydrogens (tertiary/aromatic N) is 1. The molecular formula is C19H23ClN2O2. The van der Waals surface area contributed by atoms with Gasteiger partial charge >= 0.3 is 0 Å². The van der Waals surface area contributed by atoms with E-state index in [0.717, 1.165) is 48.1 Å². The van der Waals surface area contributed by atoms with Crippen LogP contribution < -0.4 is 14.8 Å². The van der Waals surface area contributed by atoms with Gasteiger partial charge in [-0.3, -0.25) is 4.98 Å².